The van der Waals surface area contributed by atoms with Crippen molar-refractivity contribution in [2.24, 2.45) is 17.0 Å². The van der Waals surface area contributed by atoms with Gasteiger partial charge in [0.05, 0.1) is 17.6 Å². The number of oxime groups is 1. The van der Waals surface area contributed by atoms with E-state index >= 15 is 0 Å². The maximum atomic E-state index is 13.9. The Bertz CT molecular complexity index is 1230. The molecule has 4 bridgehead atoms. The number of carbonyl (C=O) groups is 1. The summed E-state index contributed by atoms with van der Waals surface area (Å²) in [5.74, 6) is 0.944. The SMILES string of the molecule is CCOC(=O)/C(=N\O)c1nc2ccccc2n(C2CC3CCC[C@H](C2)N3C2CC3CCCC(C3)C2)c1=O. The highest BCUT2D eigenvalue weighted by Gasteiger charge is 2.45. The van der Waals surface area contributed by atoms with Gasteiger partial charge in [0, 0.05) is 24.2 Å². The first-order valence-electron chi connectivity index (χ1n) is 14.3. The van der Waals surface area contributed by atoms with E-state index in [0.29, 0.717) is 23.6 Å². The molecule has 2 saturated heterocycles. The van der Waals surface area contributed by atoms with Gasteiger partial charge in [0.2, 0.25) is 5.71 Å². The molecule has 2 saturated carbocycles. The minimum absolute atomic E-state index is 0.0101. The third-order valence-electron chi connectivity index (χ3n) is 9.48. The second-order valence-corrected chi connectivity index (χ2v) is 11.6. The number of fused-ring (bicyclic) bond motifs is 5. The lowest BCUT2D eigenvalue weighted by Gasteiger charge is -2.55. The number of hydrogen-bond acceptors (Lipinski definition) is 7. The van der Waals surface area contributed by atoms with E-state index in [1.165, 1.54) is 57.8 Å². The summed E-state index contributed by atoms with van der Waals surface area (Å²) in [4.78, 5) is 33.8. The van der Waals surface area contributed by atoms with Crippen LogP contribution in [0.25, 0.3) is 11.0 Å². The number of aromatic nitrogens is 2. The molecule has 8 nitrogen and oxygen atoms in total. The van der Waals surface area contributed by atoms with Crippen LogP contribution in [-0.4, -0.2) is 56.1 Å². The normalized spacial score (nSPS) is 32.3. The molecule has 1 aromatic heterocycles. The number of rotatable bonds is 5. The summed E-state index contributed by atoms with van der Waals surface area (Å²) in [7, 11) is 0. The molecule has 1 aromatic carbocycles. The molecule has 198 valence electrons. The molecule has 2 aliphatic carbocycles. The number of para-hydroxylation sites is 2. The Morgan fingerprint density at radius 3 is 2.32 bits per heavy atom. The molecule has 0 spiro atoms. The van der Waals surface area contributed by atoms with Gasteiger partial charge in [-0.2, -0.15) is 0 Å². The van der Waals surface area contributed by atoms with Crippen molar-refractivity contribution in [1.29, 1.82) is 0 Å². The van der Waals surface area contributed by atoms with E-state index in [9.17, 15) is 14.8 Å². The van der Waals surface area contributed by atoms with Crippen molar-refractivity contribution < 1.29 is 14.7 Å². The van der Waals surface area contributed by atoms with Gasteiger partial charge in [0.15, 0.2) is 5.69 Å². The Labute approximate surface area is 217 Å². The van der Waals surface area contributed by atoms with Gasteiger partial charge in [-0.1, -0.05) is 43.0 Å². The van der Waals surface area contributed by atoms with Gasteiger partial charge in [-0.05, 0) is 75.8 Å². The molecular weight excluding hydrogens is 468 g/mol. The van der Waals surface area contributed by atoms with Crippen LogP contribution in [0.5, 0.6) is 0 Å². The fraction of sp³-hybridized carbons (Fsp3) is 0.655. The number of hydrogen-bond donors (Lipinski definition) is 1. The number of esters is 1. The Morgan fingerprint density at radius 2 is 1.65 bits per heavy atom. The van der Waals surface area contributed by atoms with Crippen LogP contribution in [0.3, 0.4) is 0 Å². The summed E-state index contributed by atoms with van der Waals surface area (Å²) in [5.41, 5.74) is 0.407. The molecule has 37 heavy (non-hydrogen) atoms. The van der Waals surface area contributed by atoms with Gasteiger partial charge in [0.25, 0.3) is 5.56 Å². The van der Waals surface area contributed by atoms with Gasteiger partial charge >= 0.3 is 5.97 Å². The van der Waals surface area contributed by atoms with Gasteiger partial charge in [-0.15, -0.1) is 0 Å². The van der Waals surface area contributed by atoms with E-state index < -0.39 is 11.7 Å². The van der Waals surface area contributed by atoms with Crippen LogP contribution in [0.15, 0.2) is 34.2 Å². The first kappa shape index (κ1) is 24.6. The van der Waals surface area contributed by atoms with E-state index in [4.69, 9.17) is 4.74 Å². The quantitative estimate of drug-likeness (QED) is 0.274. The summed E-state index contributed by atoms with van der Waals surface area (Å²) in [6.45, 7) is 1.79. The minimum Gasteiger partial charge on any atom is -0.461 e. The molecular formula is C29H38N4O4. The highest BCUT2D eigenvalue weighted by atomic mass is 16.5. The van der Waals surface area contributed by atoms with Crippen LogP contribution >= 0.6 is 0 Å². The van der Waals surface area contributed by atoms with E-state index in [2.05, 4.69) is 15.0 Å². The zero-order chi connectivity index (χ0) is 25.5. The lowest BCUT2D eigenvalue weighted by Crippen LogP contribution is -2.58. The summed E-state index contributed by atoms with van der Waals surface area (Å²) in [6.07, 6.45) is 13.7. The van der Waals surface area contributed by atoms with Crippen molar-refractivity contribution in [1.82, 2.24) is 14.5 Å². The topological polar surface area (TPSA) is 97.0 Å². The molecule has 4 unspecified atom stereocenters. The summed E-state index contributed by atoms with van der Waals surface area (Å²) in [5, 5.41) is 12.8. The molecule has 3 heterocycles. The number of ether oxygens (including phenoxy) is 1. The molecule has 0 amide bonds. The minimum atomic E-state index is -0.842. The zero-order valence-electron chi connectivity index (χ0n) is 21.7. The van der Waals surface area contributed by atoms with Gasteiger partial charge < -0.3 is 14.5 Å². The third kappa shape index (κ3) is 4.47. The second kappa shape index (κ2) is 10.2. The summed E-state index contributed by atoms with van der Waals surface area (Å²) in [6, 6.07) is 9.19. The van der Waals surface area contributed by atoms with Crippen molar-refractivity contribution in [3.05, 3.63) is 40.3 Å². The van der Waals surface area contributed by atoms with Crippen LogP contribution in [0.4, 0.5) is 0 Å². The maximum absolute atomic E-state index is 13.9. The van der Waals surface area contributed by atoms with E-state index in [-0.39, 0.29) is 23.9 Å². The lowest BCUT2D eigenvalue weighted by atomic mass is 9.68. The molecule has 4 aliphatic rings. The van der Waals surface area contributed by atoms with Crippen molar-refractivity contribution in [3.8, 4) is 0 Å². The zero-order valence-corrected chi connectivity index (χ0v) is 21.7. The maximum Gasteiger partial charge on any atom is 0.362 e. The first-order chi connectivity index (χ1) is 18.1. The number of piperidine rings is 2. The van der Waals surface area contributed by atoms with Crippen LogP contribution in [-0.2, 0) is 9.53 Å². The highest BCUT2D eigenvalue weighted by molar-refractivity contribution is 6.42. The summed E-state index contributed by atoms with van der Waals surface area (Å²) < 4.78 is 6.88. The van der Waals surface area contributed by atoms with Crippen LogP contribution < -0.4 is 5.56 Å². The Hall–Kier alpha value is -2.74. The monoisotopic (exact) mass is 506 g/mol. The van der Waals surface area contributed by atoms with Gasteiger partial charge in [-0.3, -0.25) is 9.69 Å². The lowest BCUT2D eigenvalue weighted by molar-refractivity contribution is -0.135. The summed E-state index contributed by atoms with van der Waals surface area (Å²) >= 11 is 0. The van der Waals surface area contributed by atoms with Gasteiger partial charge in [0.1, 0.15) is 0 Å². The van der Waals surface area contributed by atoms with Crippen LogP contribution in [0.1, 0.15) is 89.3 Å². The number of nitrogens with zero attached hydrogens (tertiary/aromatic N) is 4. The van der Waals surface area contributed by atoms with Crippen molar-refractivity contribution in [3.63, 3.8) is 0 Å². The molecule has 8 heteroatoms. The second-order valence-electron chi connectivity index (χ2n) is 11.6. The van der Waals surface area contributed by atoms with E-state index in [1.54, 1.807) is 6.92 Å². The largest absolute Gasteiger partial charge is 0.461 e. The molecule has 4 fully saturated rings. The Balaban J connectivity index is 1.36. The number of benzene rings is 1. The van der Waals surface area contributed by atoms with E-state index in [0.717, 1.165) is 30.2 Å². The third-order valence-corrected chi connectivity index (χ3v) is 9.48. The fourth-order valence-corrected chi connectivity index (χ4v) is 8.19. The average Bonchev–Trinajstić information content (AvgIpc) is 2.88. The fourth-order valence-electron chi connectivity index (χ4n) is 8.19. The molecule has 2 aromatic rings. The Kier molecular flexibility index (Phi) is 6.78. The van der Waals surface area contributed by atoms with Crippen molar-refractivity contribution in [2.45, 2.75) is 102 Å². The highest BCUT2D eigenvalue weighted by Crippen LogP contribution is 2.47. The standard InChI is InChI=1S/C29H38N4O4/c1-2-37-29(35)27(31-36)26-28(34)33(25-12-4-3-11-24(25)30-26)23-16-20-9-6-10-21(17-23)32(20)22-14-18-7-5-8-19(13-18)15-22/h3-4,11-12,18-23,36H,2,5-10,13-17H2,1H3/b31-27-/t18?,19?,20-,21?,22?,23?/m1/s1. The molecule has 6 rings (SSSR count). The molecule has 5 atom stereocenters. The van der Waals surface area contributed by atoms with Crippen LogP contribution in [0.2, 0.25) is 0 Å². The molecule has 1 N–H and O–H groups in total. The van der Waals surface area contributed by atoms with Crippen molar-refractivity contribution >= 4 is 22.7 Å². The van der Waals surface area contributed by atoms with Gasteiger partial charge in [-0.25, -0.2) is 9.78 Å². The van der Waals surface area contributed by atoms with Crippen LogP contribution in [0, 0.1) is 11.8 Å². The average molecular weight is 507 g/mol. The first-order valence-corrected chi connectivity index (χ1v) is 14.3. The Morgan fingerprint density at radius 1 is 0.973 bits per heavy atom. The predicted molar refractivity (Wildman–Crippen MR) is 141 cm³/mol. The molecule has 0 radical (unpaired) electrons. The van der Waals surface area contributed by atoms with Crippen molar-refractivity contribution in [2.75, 3.05) is 6.61 Å². The number of carbonyl (C=O) groups excluding carboxylic acids is 1. The van der Waals surface area contributed by atoms with E-state index in [1.807, 2.05) is 28.8 Å². The predicted octanol–water partition coefficient (Wildman–Crippen LogP) is 4.66. The smallest absolute Gasteiger partial charge is 0.362 e. The molecule has 2 aliphatic heterocycles.